The highest BCUT2D eigenvalue weighted by molar-refractivity contribution is 5.33. The molecule has 0 spiro atoms. The Balaban J connectivity index is 1.57. The van der Waals surface area contributed by atoms with Crippen molar-refractivity contribution in [3.8, 4) is 5.75 Å². The van der Waals surface area contributed by atoms with Crippen LogP contribution in [0.3, 0.4) is 0 Å². The van der Waals surface area contributed by atoms with Gasteiger partial charge in [0, 0.05) is 37.7 Å². The molecule has 0 aliphatic carbocycles. The molecule has 0 unspecified atom stereocenters. The third-order valence-electron chi connectivity index (χ3n) is 4.84. The standard InChI is InChI=1S/C19H26FN3O2/c1-4-17-10-21-19(25-17)13-22(2)16-7-8-23(12-16)11-14-9-15(20)5-6-18(14)24-3/h5-6,9-10,16H,4,7-8,11-13H2,1-3H3/t16-/m0/s1. The van der Waals surface area contributed by atoms with E-state index < -0.39 is 0 Å². The lowest BCUT2D eigenvalue weighted by molar-refractivity contribution is 0.203. The third-order valence-corrected chi connectivity index (χ3v) is 4.84. The second-order valence-electron chi connectivity index (χ2n) is 6.62. The van der Waals surface area contributed by atoms with Crippen LogP contribution in [0.25, 0.3) is 0 Å². The fourth-order valence-electron chi connectivity index (χ4n) is 3.35. The molecule has 1 saturated heterocycles. The lowest BCUT2D eigenvalue weighted by atomic mass is 10.2. The number of likely N-dealkylation sites (tertiary alicyclic amines) is 1. The first-order valence-corrected chi connectivity index (χ1v) is 8.77. The van der Waals surface area contributed by atoms with E-state index in [4.69, 9.17) is 9.15 Å². The molecule has 5 nitrogen and oxygen atoms in total. The molecule has 1 aliphatic rings. The number of hydrogen-bond acceptors (Lipinski definition) is 5. The maximum atomic E-state index is 13.5. The van der Waals surface area contributed by atoms with Crippen molar-refractivity contribution in [1.82, 2.24) is 14.8 Å². The van der Waals surface area contributed by atoms with E-state index in [9.17, 15) is 4.39 Å². The second kappa shape index (κ2) is 7.97. The minimum Gasteiger partial charge on any atom is -0.496 e. The third kappa shape index (κ3) is 4.38. The van der Waals surface area contributed by atoms with E-state index in [-0.39, 0.29) is 5.82 Å². The van der Waals surface area contributed by atoms with Crippen molar-refractivity contribution in [2.45, 2.75) is 38.9 Å². The summed E-state index contributed by atoms with van der Waals surface area (Å²) in [5.74, 6) is 2.21. The number of halogens is 1. The zero-order chi connectivity index (χ0) is 17.8. The summed E-state index contributed by atoms with van der Waals surface area (Å²) in [5.41, 5.74) is 0.895. The number of ether oxygens (including phenoxy) is 1. The van der Waals surface area contributed by atoms with Gasteiger partial charge in [-0.05, 0) is 31.7 Å². The van der Waals surface area contributed by atoms with Crippen LogP contribution in [0.2, 0.25) is 0 Å². The zero-order valence-corrected chi connectivity index (χ0v) is 15.2. The van der Waals surface area contributed by atoms with Gasteiger partial charge in [0.2, 0.25) is 5.89 Å². The Morgan fingerprint density at radius 1 is 1.44 bits per heavy atom. The van der Waals surface area contributed by atoms with Gasteiger partial charge in [-0.3, -0.25) is 9.80 Å². The van der Waals surface area contributed by atoms with E-state index in [1.165, 1.54) is 6.07 Å². The molecule has 1 atom stereocenters. The summed E-state index contributed by atoms with van der Waals surface area (Å²) < 4.78 is 24.6. The van der Waals surface area contributed by atoms with Gasteiger partial charge in [0.25, 0.3) is 0 Å². The first-order chi connectivity index (χ1) is 12.1. The number of oxazole rings is 1. The summed E-state index contributed by atoms with van der Waals surface area (Å²) in [5, 5.41) is 0. The average molecular weight is 347 g/mol. The van der Waals surface area contributed by atoms with Gasteiger partial charge in [0.05, 0.1) is 19.9 Å². The minimum absolute atomic E-state index is 0.223. The Hall–Kier alpha value is -1.92. The maximum Gasteiger partial charge on any atom is 0.208 e. The summed E-state index contributed by atoms with van der Waals surface area (Å²) in [6, 6.07) is 5.13. The molecule has 0 saturated carbocycles. The molecule has 3 rings (SSSR count). The maximum absolute atomic E-state index is 13.5. The van der Waals surface area contributed by atoms with Crippen LogP contribution in [0.15, 0.2) is 28.8 Å². The fraction of sp³-hybridized carbons (Fsp3) is 0.526. The van der Waals surface area contributed by atoms with Crippen LogP contribution in [-0.4, -0.2) is 48.1 Å². The van der Waals surface area contributed by atoms with Crippen LogP contribution < -0.4 is 4.74 Å². The van der Waals surface area contributed by atoms with Crippen molar-refractivity contribution in [3.05, 3.63) is 47.4 Å². The molecule has 1 aliphatic heterocycles. The lowest BCUT2D eigenvalue weighted by Crippen LogP contribution is -2.34. The summed E-state index contributed by atoms with van der Waals surface area (Å²) in [6.45, 7) is 5.40. The van der Waals surface area contributed by atoms with E-state index in [2.05, 4.69) is 28.8 Å². The topological polar surface area (TPSA) is 41.7 Å². The summed E-state index contributed by atoms with van der Waals surface area (Å²) in [6.07, 6.45) is 3.75. The van der Waals surface area contributed by atoms with Crippen LogP contribution >= 0.6 is 0 Å². The van der Waals surface area contributed by atoms with E-state index in [1.807, 2.05) is 0 Å². The second-order valence-corrected chi connectivity index (χ2v) is 6.62. The number of aryl methyl sites for hydroxylation is 1. The zero-order valence-electron chi connectivity index (χ0n) is 15.2. The van der Waals surface area contributed by atoms with Gasteiger partial charge >= 0.3 is 0 Å². The molecular weight excluding hydrogens is 321 g/mol. The molecule has 0 N–H and O–H groups in total. The molecule has 136 valence electrons. The molecule has 2 heterocycles. The highest BCUT2D eigenvalue weighted by atomic mass is 19.1. The molecule has 1 fully saturated rings. The Kier molecular flexibility index (Phi) is 5.71. The van der Waals surface area contributed by atoms with Crippen molar-refractivity contribution in [2.24, 2.45) is 0 Å². The SMILES string of the molecule is CCc1cnc(CN(C)[C@H]2CCN(Cc3cc(F)ccc3OC)C2)o1. The number of rotatable bonds is 7. The highest BCUT2D eigenvalue weighted by Gasteiger charge is 2.27. The number of hydrogen-bond donors (Lipinski definition) is 0. The molecular formula is C19H26FN3O2. The molecule has 25 heavy (non-hydrogen) atoms. The van der Waals surface area contributed by atoms with Crippen molar-refractivity contribution in [3.63, 3.8) is 0 Å². The van der Waals surface area contributed by atoms with Gasteiger partial charge < -0.3 is 9.15 Å². The summed E-state index contributed by atoms with van der Waals surface area (Å²) >= 11 is 0. The normalized spacial score (nSPS) is 18.2. The van der Waals surface area contributed by atoms with E-state index in [0.717, 1.165) is 48.9 Å². The molecule has 0 bridgehead atoms. The van der Waals surface area contributed by atoms with Crippen LogP contribution in [0.4, 0.5) is 4.39 Å². The quantitative estimate of drug-likeness (QED) is 0.770. The van der Waals surface area contributed by atoms with Crippen molar-refractivity contribution >= 4 is 0 Å². The highest BCUT2D eigenvalue weighted by Crippen LogP contribution is 2.24. The van der Waals surface area contributed by atoms with Crippen LogP contribution in [0, 0.1) is 5.82 Å². The van der Waals surface area contributed by atoms with Gasteiger partial charge in [-0.25, -0.2) is 9.37 Å². The fourth-order valence-corrected chi connectivity index (χ4v) is 3.35. The minimum atomic E-state index is -0.223. The predicted molar refractivity (Wildman–Crippen MR) is 94.0 cm³/mol. The van der Waals surface area contributed by atoms with Crippen LogP contribution in [-0.2, 0) is 19.5 Å². The first kappa shape index (κ1) is 17.9. The lowest BCUT2D eigenvalue weighted by Gasteiger charge is -2.23. The number of likely N-dealkylation sites (N-methyl/N-ethyl adjacent to an activating group) is 1. The Morgan fingerprint density at radius 2 is 2.28 bits per heavy atom. The van der Waals surface area contributed by atoms with Gasteiger partial charge in [0.15, 0.2) is 0 Å². The summed E-state index contributed by atoms with van der Waals surface area (Å²) in [7, 11) is 3.73. The monoisotopic (exact) mass is 347 g/mol. The van der Waals surface area contributed by atoms with E-state index in [0.29, 0.717) is 19.1 Å². The van der Waals surface area contributed by atoms with E-state index in [1.54, 1.807) is 25.4 Å². The Labute approximate surface area is 148 Å². The largest absolute Gasteiger partial charge is 0.496 e. The van der Waals surface area contributed by atoms with Gasteiger partial charge in [-0.1, -0.05) is 6.92 Å². The Morgan fingerprint density at radius 3 is 3.00 bits per heavy atom. The van der Waals surface area contributed by atoms with Gasteiger partial charge in [0.1, 0.15) is 17.3 Å². The first-order valence-electron chi connectivity index (χ1n) is 8.77. The van der Waals surface area contributed by atoms with Gasteiger partial charge in [-0.15, -0.1) is 0 Å². The number of methoxy groups -OCH3 is 1. The van der Waals surface area contributed by atoms with Crippen molar-refractivity contribution in [1.29, 1.82) is 0 Å². The molecule has 0 amide bonds. The molecule has 1 aromatic carbocycles. The van der Waals surface area contributed by atoms with Crippen molar-refractivity contribution in [2.75, 3.05) is 27.2 Å². The molecule has 2 aromatic rings. The number of aromatic nitrogens is 1. The smallest absolute Gasteiger partial charge is 0.208 e. The van der Waals surface area contributed by atoms with Gasteiger partial charge in [-0.2, -0.15) is 0 Å². The molecule has 0 radical (unpaired) electrons. The summed E-state index contributed by atoms with van der Waals surface area (Å²) in [4.78, 5) is 8.96. The number of benzene rings is 1. The van der Waals surface area contributed by atoms with E-state index >= 15 is 0 Å². The average Bonchev–Trinajstić information content (AvgIpc) is 3.24. The van der Waals surface area contributed by atoms with Crippen molar-refractivity contribution < 1.29 is 13.5 Å². The van der Waals surface area contributed by atoms with Crippen LogP contribution in [0.1, 0.15) is 30.6 Å². The molecule has 6 heteroatoms. The molecule has 1 aromatic heterocycles. The van der Waals surface area contributed by atoms with Crippen LogP contribution in [0.5, 0.6) is 5.75 Å². The Bertz CT molecular complexity index is 704. The number of nitrogens with zero attached hydrogens (tertiary/aromatic N) is 3. The predicted octanol–water partition coefficient (Wildman–Crippen LogP) is 3.09.